The van der Waals surface area contributed by atoms with Crippen molar-refractivity contribution in [1.29, 1.82) is 0 Å². The summed E-state index contributed by atoms with van der Waals surface area (Å²) in [6.07, 6.45) is 2.90. The summed E-state index contributed by atoms with van der Waals surface area (Å²) in [5.41, 5.74) is 3.73. The van der Waals surface area contributed by atoms with Gasteiger partial charge in [0.2, 0.25) is 0 Å². The summed E-state index contributed by atoms with van der Waals surface area (Å²) in [7, 11) is 0. The maximum atomic E-state index is 6.02. The third kappa shape index (κ3) is 1.77. The number of aromatic nitrogens is 1. The third-order valence-corrected chi connectivity index (χ3v) is 3.73. The van der Waals surface area contributed by atoms with Crippen molar-refractivity contribution in [2.75, 3.05) is 4.90 Å². The average Bonchev–Trinajstić information content (AvgIpc) is 2.74. The van der Waals surface area contributed by atoms with Crippen LogP contribution in [0.5, 0.6) is 0 Å². The number of alkyl halides is 1. The smallest absolute Gasteiger partial charge is 0.137 e. The van der Waals surface area contributed by atoms with Crippen LogP contribution in [-0.4, -0.2) is 11.0 Å². The standard InChI is InChI=1S/C15H15ClN2/c1-11-9-12-5-2-3-7-14(12)18(11)15-13(10-16)6-4-8-17-15/h2-8,11H,9-10H2,1H3. The first-order valence-electron chi connectivity index (χ1n) is 6.18. The highest BCUT2D eigenvalue weighted by Gasteiger charge is 2.28. The molecule has 18 heavy (non-hydrogen) atoms. The quantitative estimate of drug-likeness (QED) is 0.760. The van der Waals surface area contributed by atoms with Gasteiger partial charge < -0.3 is 4.90 Å². The molecule has 1 aromatic heterocycles. The van der Waals surface area contributed by atoms with E-state index in [1.807, 2.05) is 18.3 Å². The largest absolute Gasteiger partial charge is 0.323 e. The molecule has 1 aliphatic rings. The molecule has 1 aliphatic heterocycles. The lowest BCUT2D eigenvalue weighted by Crippen LogP contribution is -2.25. The Labute approximate surface area is 112 Å². The molecule has 2 nitrogen and oxygen atoms in total. The van der Waals surface area contributed by atoms with Crippen LogP contribution in [0.3, 0.4) is 0 Å². The molecule has 0 amide bonds. The Bertz CT molecular complexity index is 568. The van der Waals surface area contributed by atoms with Crippen LogP contribution >= 0.6 is 11.6 Å². The topological polar surface area (TPSA) is 16.1 Å². The first-order valence-corrected chi connectivity index (χ1v) is 6.71. The van der Waals surface area contributed by atoms with Crippen LogP contribution in [0.4, 0.5) is 11.5 Å². The van der Waals surface area contributed by atoms with E-state index < -0.39 is 0 Å². The van der Waals surface area contributed by atoms with Crippen LogP contribution in [0.25, 0.3) is 0 Å². The zero-order valence-corrected chi connectivity index (χ0v) is 11.1. The Hall–Kier alpha value is -1.54. The van der Waals surface area contributed by atoms with E-state index in [1.165, 1.54) is 11.3 Å². The van der Waals surface area contributed by atoms with E-state index >= 15 is 0 Å². The van der Waals surface area contributed by atoms with Gasteiger partial charge >= 0.3 is 0 Å². The van der Waals surface area contributed by atoms with E-state index in [4.69, 9.17) is 11.6 Å². The molecule has 1 aromatic carbocycles. The number of fused-ring (bicyclic) bond motifs is 1. The molecule has 0 spiro atoms. The van der Waals surface area contributed by atoms with E-state index in [1.54, 1.807) is 0 Å². The van der Waals surface area contributed by atoms with Crippen molar-refractivity contribution in [1.82, 2.24) is 4.98 Å². The van der Waals surface area contributed by atoms with Gasteiger partial charge in [0, 0.05) is 23.5 Å². The zero-order chi connectivity index (χ0) is 12.5. The molecule has 0 N–H and O–H groups in total. The number of pyridine rings is 1. The number of hydrogen-bond donors (Lipinski definition) is 0. The van der Waals surface area contributed by atoms with Gasteiger partial charge in [-0.3, -0.25) is 0 Å². The molecule has 1 atom stereocenters. The van der Waals surface area contributed by atoms with Crippen LogP contribution in [-0.2, 0) is 12.3 Å². The van der Waals surface area contributed by atoms with Crippen molar-refractivity contribution in [3.05, 3.63) is 53.7 Å². The van der Waals surface area contributed by atoms with Crippen LogP contribution < -0.4 is 4.90 Å². The van der Waals surface area contributed by atoms with Gasteiger partial charge in [-0.2, -0.15) is 0 Å². The maximum Gasteiger partial charge on any atom is 0.137 e. The van der Waals surface area contributed by atoms with Crippen LogP contribution in [0.1, 0.15) is 18.1 Å². The van der Waals surface area contributed by atoms with Gasteiger partial charge in [-0.15, -0.1) is 11.6 Å². The van der Waals surface area contributed by atoms with Crippen molar-refractivity contribution in [3.8, 4) is 0 Å². The highest BCUT2D eigenvalue weighted by atomic mass is 35.5. The molecule has 0 bridgehead atoms. The number of para-hydroxylation sites is 1. The fourth-order valence-electron chi connectivity index (χ4n) is 2.64. The van der Waals surface area contributed by atoms with E-state index in [0.29, 0.717) is 11.9 Å². The first kappa shape index (κ1) is 11.5. The average molecular weight is 259 g/mol. The number of hydrogen-bond acceptors (Lipinski definition) is 2. The second-order valence-corrected chi connectivity index (χ2v) is 4.94. The fourth-order valence-corrected chi connectivity index (χ4v) is 2.85. The summed E-state index contributed by atoms with van der Waals surface area (Å²) in [5, 5.41) is 0. The van der Waals surface area contributed by atoms with E-state index in [9.17, 15) is 0 Å². The Balaban J connectivity index is 2.12. The minimum atomic E-state index is 0.430. The molecule has 0 aliphatic carbocycles. The SMILES string of the molecule is CC1Cc2ccccc2N1c1ncccc1CCl. The molecule has 0 saturated carbocycles. The van der Waals surface area contributed by atoms with Gasteiger partial charge in [-0.25, -0.2) is 4.98 Å². The van der Waals surface area contributed by atoms with E-state index in [-0.39, 0.29) is 0 Å². The van der Waals surface area contributed by atoms with Gasteiger partial charge in [0.25, 0.3) is 0 Å². The summed E-state index contributed by atoms with van der Waals surface area (Å²) in [4.78, 5) is 6.82. The highest BCUT2D eigenvalue weighted by molar-refractivity contribution is 6.17. The minimum absolute atomic E-state index is 0.430. The second-order valence-electron chi connectivity index (χ2n) is 4.67. The lowest BCUT2D eigenvalue weighted by Gasteiger charge is -2.25. The van der Waals surface area contributed by atoms with Crippen molar-refractivity contribution in [2.24, 2.45) is 0 Å². The predicted octanol–water partition coefficient (Wildman–Crippen LogP) is 3.90. The molecule has 2 heterocycles. The van der Waals surface area contributed by atoms with E-state index in [2.05, 4.69) is 41.1 Å². The molecule has 92 valence electrons. The summed E-state index contributed by atoms with van der Waals surface area (Å²) >= 11 is 6.02. The van der Waals surface area contributed by atoms with Crippen molar-refractivity contribution in [3.63, 3.8) is 0 Å². The number of rotatable bonds is 2. The van der Waals surface area contributed by atoms with Crippen LogP contribution in [0.2, 0.25) is 0 Å². The Morgan fingerprint density at radius 3 is 2.94 bits per heavy atom. The Morgan fingerprint density at radius 1 is 1.28 bits per heavy atom. The molecular formula is C15H15ClN2. The van der Waals surface area contributed by atoms with Crippen molar-refractivity contribution in [2.45, 2.75) is 25.3 Å². The number of anilines is 2. The van der Waals surface area contributed by atoms with E-state index in [0.717, 1.165) is 17.8 Å². The molecule has 1 unspecified atom stereocenters. The molecular weight excluding hydrogens is 244 g/mol. The molecule has 2 aromatic rings. The van der Waals surface area contributed by atoms with Gasteiger partial charge in [-0.05, 0) is 31.0 Å². The summed E-state index contributed by atoms with van der Waals surface area (Å²) in [6, 6.07) is 12.9. The lowest BCUT2D eigenvalue weighted by molar-refractivity contribution is 0.748. The molecule has 0 radical (unpaired) electrons. The van der Waals surface area contributed by atoms with Gasteiger partial charge in [0.1, 0.15) is 5.82 Å². The highest BCUT2D eigenvalue weighted by Crippen LogP contribution is 2.38. The second kappa shape index (κ2) is 4.62. The van der Waals surface area contributed by atoms with Gasteiger partial charge in [0.15, 0.2) is 0 Å². The molecule has 0 saturated heterocycles. The Morgan fingerprint density at radius 2 is 2.11 bits per heavy atom. The summed E-state index contributed by atoms with van der Waals surface area (Å²) in [6.45, 7) is 2.23. The molecule has 0 fully saturated rings. The van der Waals surface area contributed by atoms with Crippen molar-refractivity contribution >= 4 is 23.1 Å². The number of nitrogens with zero attached hydrogens (tertiary/aromatic N) is 2. The van der Waals surface area contributed by atoms with Crippen LogP contribution in [0.15, 0.2) is 42.6 Å². The van der Waals surface area contributed by atoms with Gasteiger partial charge in [-0.1, -0.05) is 24.3 Å². The summed E-state index contributed by atoms with van der Waals surface area (Å²) < 4.78 is 0. The Kier molecular flexibility index (Phi) is 2.96. The number of benzene rings is 1. The van der Waals surface area contributed by atoms with Gasteiger partial charge in [0.05, 0.1) is 5.88 Å². The first-order chi connectivity index (χ1) is 8.81. The predicted molar refractivity (Wildman–Crippen MR) is 75.5 cm³/mol. The fraction of sp³-hybridized carbons (Fsp3) is 0.267. The minimum Gasteiger partial charge on any atom is -0.323 e. The molecule has 3 heteroatoms. The monoisotopic (exact) mass is 258 g/mol. The normalized spacial score (nSPS) is 17.9. The lowest BCUT2D eigenvalue weighted by atomic mass is 10.1. The molecule has 3 rings (SSSR count). The third-order valence-electron chi connectivity index (χ3n) is 3.45. The van der Waals surface area contributed by atoms with Crippen molar-refractivity contribution < 1.29 is 0 Å². The number of halogens is 1. The zero-order valence-electron chi connectivity index (χ0n) is 10.3. The van der Waals surface area contributed by atoms with Crippen LogP contribution in [0, 0.1) is 0 Å². The maximum absolute atomic E-state index is 6.02. The summed E-state index contributed by atoms with van der Waals surface area (Å²) in [5.74, 6) is 1.49.